The van der Waals surface area contributed by atoms with Crippen molar-refractivity contribution in [1.29, 1.82) is 0 Å². The summed E-state index contributed by atoms with van der Waals surface area (Å²) in [6.45, 7) is 7.76. The lowest BCUT2D eigenvalue weighted by molar-refractivity contribution is -0.138. The molecule has 5 nitrogen and oxygen atoms in total. The summed E-state index contributed by atoms with van der Waals surface area (Å²) in [5.74, 6) is -0.666. The first-order chi connectivity index (χ1) is 9.91. The summed E-state index contributed by atoms with van der Waals surface area (Å²) in [7, 11) is 0. The smallest absolute Gasteiger partial charge is 0.310 e. The summed E-state index contributed by atoms with van der Waals surface area (Å²) in [6.07, 6.45) is 4.34. The number of rotatable bonds is 4. The van der Waals surface area contributed by atoms with Gasteiger partial charge in [0.25, 0.3) is 0 Å². The zero-order valence-electron chi connectivity index (χ0n) is 12.9. The number of aromatic nitrogens is 3. The van der Waals surface area contributed by atoms with Crippen LogP contribution < -0.4 is 0 Å². The molecule has 2 unspecified atom stereocenters. The molecule has 2 aromatic heterocycles. The van der Waals surface area contributed by atoms with Gasteiger partial charge in [0.05, 0.1) is 18.2 Å². The van der Waals surface area contributed by atoms with Crippen molar-refractivity contribution < 1.29 is 9.90 Å². The number of nitrogens with zero attached hydrogens (tertiary/aromatic N) is 3. The van der Waals surface area contributed by atoms with Gasteiger partial charge in [-0.05, 0) is 57.6 Å². The first-order valence-electron chi connectivity index (χ1n) is 7.49. The van der Waals surface area contributed by atoms with E-state index in [4.69, 9.17) is 0 Å². The molecular formula is C16H21N3O2. The van der Waals surface area contributed by atoms with Gasteiger partial charge in [-0.15, -0.1) is 0 Å². The summed E-state index contributed by atoms with van der Waals surface area (Å²) in [6, 6.07) is 0.358. The van der Waals surface area contributed by atoms with Gasteiger partial charge in [0.15, 0.2) is 5.65 Å². The van der Waals surface area contributed by atoms with Crippen molar-refractivity contribution >= 4 is 17.0 Å². The number of carboxylic acids is 1. The van der Waals surface area contributed by atoms with Crippen molar-refractivity contribution in [3.63, 3.8) is 0 Å². The molecule has 0 bridgehead atoms. The van der Waals surface area contributed by atoms with Crippen LogP contribution in [0.1, 0.15) is 55.5 Å². The third kappa shape index (κ3) is 2.20. The van der Waals surface area contributed by atoms with Gasteiger partial charge in [-0.25, -0.2) is 9.67 Å². The molecule has 0 radical (unpaired) electrons. The van der Waals surface area contributed by atoms with E-state index in [0.717, 1.165) is 27.9 Å². The zero-order chi connectivity index (χ0) is 15.3. The SMILES string of the molecule is Cc1nc2c(cnn2C(C)C2CC2)c(C)c1C(C)C(=O)O. The van der Waals surface area contributed by atoms with Crippen LogP contribution in [0.5, 0.6) is 0 Å². The molecule has 1 saturated carbocycles. The zero-order valence-corrected chi connectivity index (χ0v) is 12.9. The van der Waals surface area contributed by atoms with Crippen LogP contribution in [0, 0.1) is 19.8 Å². The van der Waals surface area contributed by atoms with Gasteiger partial charge in [-0.2, -0.15) is 5.10 Å². The van der Waals surface area contributed by atoms with E-state index in [9.17, 15) is 9.90 Å². The topological polar surface area (TPSA) is 68.0 Å². The monoisotopic (exact) mass is 287 g/mol. The van der Waals surface area contributed by atoms with E-state index in [0.29, 0.717) is 12.0 Å². The van der Waals surface area contributed by atoms with Gasteiger partial charge in [0.2, 0.25) is 0 Å². The molecule has 1 aliphatic carbocycles. The van der Waals surface area contributed by atoms with Gasteiger partial charge in [0, 0.05) is 11.1 Å². The van der Waals surface area contributed by atoms with Crippen LogP contribution in [0.4, 0.5) is 0 Å². The fraction of sp³-hybridized carbons (Fsp3) is 0.562. The van der Waals surface area contributed by atoms with E-state index < -0.39 is 11.9 Å². The molecule has 5 heteroatoms. The van der Waals surface area contributed by atoms with E-state index in [1.807, 2.05) is 24.7 Å². The molecule has 1 N–H and O–H groups in total. The summed E-state index contributed by atoms with van der Waals surface area (Å²) < 4.78 is 2.00. The number of pyridine rings is 1. The Labute approximate surface area is 124 Å². The minimum Gasteiger partial charge on any atom is -0.481 e. The largest absolute Gasteiger partial charge is 0.481 e. The Morgan fingerprint density at radius 2 is 2.05 bits per heavy atom. The van der Waals surface area contributed by atoms with E-state index in [1.165, 1.54) is 12.8 Å². The highest BCUT2D eigenvalue weighted by atomic mass is 16.4. The Hall–Kier alpha value is -1.91. The Bertz CT molecular complexity index is 716. The minimum atomic E-state index is -0.818. The van der Waals surface area contributed by atoms with E-state index in [1.54, 1.807) is 6.92 Å². The average Bonchev–Trinajstić information content (AvgIpc) is 3.18. The van der Waals surface area contributed by atoms with Crippen LogP contribution in [0.25, 0.3) is 11.0 Å². The van der Waals surface area contributed by atoms with Gasteiger partial charge < -0.3 is 5.11 Å². The van der Waals surface area contributed by atoms with Crippen molar-refractivity contribution in [2.75, 3.05) is 0 Å². The summed E-state index contributed by atoms with van der Waals surface area (Å²) in [4.78, 5) is 16.0. The molecule has 2 atom stereocenters. The fourth-order valence-corrected chi connectivity index (χ4v) is 3.21. The third-order valence-electron chi connectivity index (χ3n) is 4.73. The van der Waals surface area contributed by atoms with Gasteiger partial charge in [-0.3, -0.25) is 4.79 Å². The van der Waals surface area contributed by atoms with Crippen LogP contribution in [-0.4, -0.2) is 25.8 Å². The molecule has 0 saturated heterocycles. The van der Waals surface area contributed by atoms with Crippen molar-refractivity contribution in [2.45, 2.75) is 52.5 Å². The van der Waals surface area contributed by atoms with Gasteiger partial charge >= 0.3 is 5.97 Å². The predicted octanol–water partition coefficient (Wildman–Crippen LogP) is 3.21. The molecule has 21 heavy (non-hydrogen) atoms. The minimum absolute atomic E-state index is 0.358. The quantitative estimate of drug-likeness (QED) is 0.937. The normalized spacial score (nSPS) is 17.9. The maximum Gasteiger partial charge on any atom is 0.310 e. The second-order valence-corrected chi connectivity index (χ2v) is 6.20. The van der Waals surface area contributed by atoms with Crippen LogP contribution >= 0.6 is 0 Å². The number of carbonyl (C=O) groups is 1. The molecule has 3 rings (SSSR count). The van der Waals surface area contributed by atoms with Gasteiger partial charge in [0.1, 0.15) is 0 Å². The van der Waals surface area contributed by atoms with Crippen molar-refractivity contribution in [3.8, 4) is 0 Å². The summed E-state index contributed by atoms with van der Waals surface area (Å²) in [5.41, 5.74) is 3.47. The third-order valence-corrected chi connectivity index (χ3v) is 4.73. The number of hydrogen-bond donors (Lipinski definition) is 1. The Morgan fingerprint density at radius 3 is 2.62 bits per heavy atom. The van der Waals surface area contributed by atoms with Crippen molar-refractivity contribution in [1.82, 2.24) is 14.8 Å². The maximum atomic E-state index is 11.3. The molecule has 1 aliphatic rings. The summed E-state index contributed by atoms with van der Waals surface area (Å²) >= 11 is 0. The number of hydrogen-bond acceptors (Lipinski definition) is 3. The number of aryl methyl sites for hydroxylation is 2. The van der Waals surface area contributed by atoms with E-state index in [-0.39, 0.29) is 0 Å². The molecular weight excluding hydrogens is 266 g/mol. The molecule has 0 aliphatic heterocycles. The molecule has 0 spiro atoms. The Kier molecular flexibility index (Phi) is 3.23. The van der Waals surface area contributed by atoms with E-state index in [2.05, 4.69) is 17.0 Å². The number of carboxylic acid groups (broad SMARTS) is 1. The van der Waals surface area contributed by atoms with Crippen LogP contribution in [0.15, 0.2) is 6.20 Å². The van der Waals surface area contributed by atoms with E-state index >= 15 is 0 Å². The van der Waals surface area contributed by atoms with Crippen LogP contribution in [-0.2, 0) is 4.79 Å². The highest BCUT2D eigenvalue weighted by Crippen LogP contribution is 2.40. The highest BCUT2D eigenvalue weighted by Gasteiger charge is 2.31. The predicted molar refractivity (Wildman–Crippen MR) is 80.5 cm³/mol. The Morgan fingerprint density at radius 1 is 1.38 bits per heavy atom. The summed E-state index contributed by atoms with van der Waals surface area (Å²) in [5, 5.41) is 14.8. The lowest BCUT2D eigenvalue weighted by Gasteiger charge is -2.16. The second-order valence-electron chi connectivity index (χ2n) is 6.20. The van der Waals surface area contributed by atoms with Crippen molar-refractivity contribution in [2.24, 2.45) is 5.92 Å². The molecule has 0 amide bonds. The molecule has 2 aromatic rings. The van der Waals surface area contributed by atoms with Gasteiger partial charge in [-0.1, -0.05) is 0 Å². The maximum absolute atomic E-state index is 11.3. The molecule has 112 valence electrons. The number of fused-ring (bicyclic) bond motifs is 1. The first kappa shape index (κ1) is 14.0. The average molecular weight is 287 g/mol. The fourth-order valence-electron chi connectivity index (χ4n) is 3.21. The molecule has 0 aromatic carbocycles. The van der Waals surface area contributed by atoms with Crippen LogP contribution in [0.3, 0.4) is 0 Å². The highest BCUT2D eigenvalue weighted by molar-refractivity contribution is 5.84. The molecule has 2 heterocycles. The first-order valence-corrected chi connectivity index (χ1v) is 7.49. The second kappa shape index (κ2) is 4.83. The Balaban J connectivity index is 2.16. The standard InChI is InChI=1S/C16H21N3O2/c1-8-13-7-17-19(11(4)12-5-6-12)15(13)18-10(3)14(8)9(2)16(20)21/h7,9,11-12H,5-6H2,1-4H3,(H,20,21). The van der Waals surface area contributed by atoms with Crippen LogP contribution in [0.2, 0.25) is 0 Å². The number of aliphatic carboxylic acids is 1. The molecule has 1 fully saturated rings. The lowest BCUT2D eigenvalue weighted by Crippen LogP contribution is -2.13. The van der Waals surface area contributed by atoms with Crippen molar-refractivity contribution in [3.05, 3.63) is 23.0 Å². The lowest BCUT2D eigenvalue weighted by atomic mass is 9.94.